The minimum atomic E-state index is 0. The van der Waals surface area contributed by atoms with Crippen molar-refractivity contribution in [2.24, 2.45) is 0 Å². The number of hydrogen-bond donors (Lipinski definition) is 1. The van der Waals surface area contributed by atoms with E-state index in [4.69, 9.17) is 0 Å². The van der Waals surface area contributed by atoms with Crippen molar-refractivity contribution in [1.82, 2.24) is 10.2 Å². The molecule has 0 saturated carbocycles. The lowest BCUT2D eigenvalue weighted by Crippen LogP contribution is -2.30. The van der Waals surface area contributed by atoms with E-state index in [0.717, 1.165) is 19.6 Å². The summed E-state index contributed by atoms with van der Waals surface area (Å²) in [5.74, 6) is 0. The Bertz CT molecular complexity index is 281. The highest BCUT2D eigenvalue weighted by Gasteiger charge is 2.16. The minimum absolute atomic E-state index is 0. The third kappa shape index (κ3) is 3.48. The van der Waals surface area contributed by atoms with Crippen LogP contribution in [0, 0.1) is 0 Å². The molecule has 0 amide bonds. The zero-order valence-corrected chi connectivity index (χ0v) is 10.7. The molecular weight excluding hydrogens is 220 g/mol. The van der Waals surface area contributed by atoms with Crippen LogP contribution in [0.5, 0.6) is 0 Å². The molecule has 2 rings (SSSR count). The van der Waals surface area contributed by atoms with Gasteiger partial charge < -0.3 is 5.32 Å². The fraction of sp³-hybridized carbons (Fsp3) is 0.538. The van der Waals surface area contributed by atoms with Gasteiger partial charge in [0.1, 0.15) is 0 Å². The Kier molecular flexibility index (Phi) is 5.81. The van der Waals surface area contributed by atoms with Crippen LogP contribution >= 0.6 is 12.4 Å². The van der Waals surface area contributed by atoms with Crippen molar-refractivity contribution in [3.05, 3.63) is 35.9 Å². The summed E-state index contributed by atoms with van der Waals surface area (Å²) < 4.78 is 0. The Hall–Kier alpha value is -0.570. The third-order valence-electron chi connectivity index (χ3n) is 3.20. The molecule has 1 N–H and O–H groups in total. The van der Waals surface area contributed by atoms with Crippen LogP contribution in [0.3, 0.4) is 0 Å². The summed E-state index contributed by atoms with van der Waals surface area (Å²) in [4.78, 5) is 2.56. The number of hydrogen-bond acceptors (Lipinski definition) is 2. The van der Waals surface area contributed by atoms with Gasteiger partial charge in [-0.25, -0.2) is 0 Å². The lowest BCUT2D eigenvalue weighted by atomic mass is 10.1. The Labute approximate surface area is 104 Å². The average Bonchev–Trinajstić information content (AvgIpc) is 2.58. The predicted octanol–water partition coefficient (Wildman–Crippen LogP) is 2.46. The molecule has 1 aromatic carbocycles. The first-order valence-corrected chi connectivity index (χ1v) is 5.87. The second-order valence-corrected chi connectivity index (χ2v) is 4.23. The van der Waals surface area contributed by atoms with E-state index in [0.29, 0.717) is 6.04 Å². The summed E-state index contributed by atoms with van der Waals surface area (Å²) in [6, 6.07) is 11.3. The first-order chi connectivity index (χ1) is 7.38. The minimum Gasteiger partial charge on any atom is -0.315 e. The van der Waals surface area contributed by atoms with Gasteiger partial charge in [0.2, 0.25) is 0 Å². The normalized spacial score (nSPS) is 19.6. The van der Waals surface area contributed by atoms with E-state index < -0.39 is 0 Å². The molecule has 1 aliphatic rings. The summed E-state index contributed by atoms with van der Waals surface area (Å²) in [7, 11) is 0. The molecule has 0 aliphatic carbocycles. The van der Waals surface area contributed by atoms with E-state index in [2.05, 4.69) is 47.5 Å². The fourth-order valence-electron chi connectivity index (χ4n) is 2.20. The molecular formula is C13H21ClN2. The molecule has 1 aromatic rings. The molecule has 1 saturated heterocycles. The van der Waals surface area contributed by atoms with Gasteiger partial charge in [-0.3, -0.25) is 4.90 Å². The Morgan fingerprint density at radius 1 is 1.12 bits per heavy atom. The van der Waals surface area contributed by atoms with Gasteiger partial charge in [0.05, 0.1) is 0 Å². The molecule has 1 heterocycles. The summed E-state index contributed by atoms with van der Waals surface area (Å²) >= 11 is 0. The molecule has 1 unspecified atom stereocenters. The molecule has 90 valence electrons. The van der Waals surface area contributed by atoms with Gasteiger partial charge in [-0.2, -0.15) is 0 Å². The van der Waals surface area contributed by atoms with E-state index in [1.807, 2.05) is 0 Å². The van der Waals surface area contributed by atoms with Crippen molar-refractivity contribution in [3.8, 4) is 0 Å². The Balaban J connectivity index is 0.00000128. The van der Waals surface area contributed by atoms with E-state index in [-0.39, 0.29) is 12.4 Å². The molecule has 1 fully saturated rings. The molecule has 1 aliphatic heterocycles. The molecule has 2 nitrogen and oxygen atoms in total. The Morgan fingerprint density at radius 2 is 1.88 bits per heavy atom. The maximum atomic E-state index is 3.44. The Morgan fingerprint density at radius 3 is 2.62 bits per heavy atom. The summed E-state index contributed by atoms with van der Waals surface area (Å²) in [6.45, 7) is 6.97. The van der Waals surface area contributed by atoms with E-state index in [1.54, 1.807) is 0 Å². The van der Waals surface area contributed by atoms with Crippen molar-refractivity contribution in [3.63, 3.8) is 0 Å². The molecule has 3 heteroatoms. The monoisotopic (exact) mass is 240 g/mol. The van der Waals surface area contributed by atoms with E-state index in [1.165, 1.54) is 18.5 Å². The standard InChI is InChI=1S/C13H20N2.ClH/c1-12(13-6-3-2-4-7-13)15-10-5-8-14-9-11-15;/h2-4,6-7,12,14H,5,8-11H2,1H3;1H. The van der Waals surface area contributed by atoms with E-state index in [9.17, 15) is 0 Å². The van der Waals surface area contributed by atoms with Gasteiger partial charge in [0, 0.05) is 19.1 Å². The first kappa shape index (κ1) is 13.5. The fourth-order valence-corrected chi connectivity index (χ4v) is 2.20. The number of halogens is 1. The van der Waals surface area contributed by atoms with Crippen LogP contribution < -0.4 is 5.32 Å². The smallest absolute Gasteiger partial charge is 0.0320 e. The second-order valence-electron chi connectivity index (χ2n) is 4.23. The third-order valence-corrected chi connectivity index (χ3v) is 3.20. The van der Waals surface area contributed by atoms with Crippen LogP contribution in [0.2, 0.25) is 0 Å². The average molecular weight is 241 g/mol. The largest absolute Gasteiger partial charge is 0.315 e. The van der Waals surface area contributed by atoms with Crippen LogP contribution in [-0.2, 0) is 0 Å². The highest BCUT2D eigenvalue weighted by molar-refractivity contribution is 5.85. The quantitative estimate of drug-likeness (QED) is 0.855. The van der Waals surface area contributed by atoms with Gasteiger partial charge in [-0.05, 0) is 32.0 Å². The van der Waals surface area contributed by atoms with Crippen LogP contribution in [-0.4, -0.2) is 31.1 Å². The highest BCUT2D eigenvalue weighted by Crippen LogP contribution is 2.19. The van der Waals surface area contributed by atoms with Crippen LogP contribution in [0.4, 0.5) is 0 Å². The second kappa shape index (κ2) is 6.89. The lowest BCUT2D eigenvalue weighted by molar-refractivity contribution is 0.225. The van der Waals surface area contributed by atoms with Crippen molar-refractivity contribution in [2.75, 3.05) is 26.2 Å². The van der Waals surface area contributed by atoms with Crippen molar-refractivity contribution in [1.29, 1.82) is 0 Å². The molecule has 1 atom stereocenters. The van der Waals surface area contributed by atoms with E-state index >= 15 is 0 Å². The zero-order valence-electron chi connectivity index (χ0n) is 9.86. The molecule has 0 spiro atoms. The lowest BCUT2D eigenvalue weighted by Gasteiger charge is -2.27. The van der Waals surface area contributed by atoms with Crippen molar-refractivity contribution in [2.45, 2.75) is 19.4 Å². The zero-order chi connectivity index (χ0) is 10.5. The number of benzene rings is 1. The molecule has 16 heavy (non-hydrogen) atoms. The number of nitrogens with zero attached hydrogens (tertiary/aromatic N) is 1. The van der Waals surface area contributed by atoms with Gasteiger partial charge >= 0.3 is 0 Å². The summed E-state index contributed by atoms with van der Waals surface area (Å²) in [5.41, 5.74) is 1.43. The first-order valence-electron chi connectivity index (χ1n) is 5.87. The van der Waals surface area contributed by atoms with Gasteiger partial charge in [-0.15, -0.1) is 12.4 Å². The van der Waals surface area contributed by atoms with Crippen LogP contribution in [0.15, 0.2) is 30.3 Å². The van der Waals surface area contributed by atoms with Gasteiger partial charge in [0.15, 0.2) is 0 Å². The van der Waals surface area contributed by atoms with Crippen molar-refractivity contribution >= 4 is 12.4 Å². The highest BCUT2D eigenvalue weighted by atomic mass is 35.5. The summed E-state index contributed by atoms with van der Waals surface area (Å²) in [6.07, 6.45) is 1.26. The SMILES string of the molecule is CC(c1ccccc1)N1CCCNCC1.Cl. The molecule has 0 bridgehead atoms. The number of rotatable bonds is 2. The predicted molar refractivity (Wildman–Crippen MR) is 71.2 cm³/mol. The molecule has 0 aromatic heterocycles. The van der Waals surface area contributed by atoms with Crippen LogP contribution in [0.25, 0.3) is 0 Å². The maximum absolute atomic E-state index is 3.44. The maximum Gasteiger partial charge on any atom is 0.0320 e. The topological polar surface area (TPSA) is 15.3 Å². The van der Waals surface area contributed by atoms with Crippen molar-refractivity contribution < 1.29 is 0 Å². The summed E-state index contributed by atoms with van der Waals surface area (Å²) in [5, 5.41) is 3.44. The van der Waals surface area contributed by atoms with Gasteiger partial charge in [0.25, 0.3) is 0 Å². The van der Waals surface area contributed by atoms with Crippen LogP contribution in [0.1, 0.15) is 24.9 Å². The number of nitrogens with one attached hydrogen (secondary N) is 1. The molecule has 0 radical (unpaired) electrons. The van der Waals surface area contributed by atoms with Gasteiger partial charge in [-0.1, -0.05) is 30.3 Å².